The lowest BCUT2D eigenvalue weighted by Crippen LogP contribution is -2.13. The normalized spacial score (nSPS) is 15.6. The highest BCUT2D eigenvalue weighted by Crippen LogP contribution is 2.35. The van der Waals surface area contributed by atoms with Gasteiger partial charge >= 0.3 is 0 Å². The fourth-order valence-electron chi connectivity index (χ4n) is 4.34. The molecule has 29 heavy (non-hydrogen) atoms. The summed E-state index contributed by atoms with van der Waals surface area (Å²) in [6.45, 7) is 2.23. The van der Waals surface area contributed by atoms with Gasteiger partial charge in [0.25, 0.3) is 0 Å². The van der Waals surface area contributed by atoms with E-state index in [0.29, 0.717) is 5.92 Å². The molecule has 0 fully saturated rings. The van der Waals surface area contributed by atoms with E-state index in [0.717, 1.165) is 30.4 Å². The van der Waals surface area contributed by atoms with Gasteiger partial charge in [0.1, 0.15) is 11.9 Å². The molecule has 1 aliphatic rings. The van der Waals surface area contributed by atoms with Crippen molar-refractivity contribution < 1.29 is 4.39 Å². The highest BCUT2D eigenvalue weighted by atomic mass is 19.1. The third-order valence-corrected chi connectivity index (χ3v) is 6.13. The minimum absolute atomic E-state index is 0.0928. The van der Waals surface area contributed by atoms with Crippen molar-refractivity contribution in [3.63, 3.8) is 0 Å². The predicted molar refractivity (Wildman–Crippen MR) is 116 cm³/mol. The standard InChI is InChI=1S/C27H26FN/c1-2-3-4-19-5-7-20(8-6-19)21-9-10-23-16-24(12-11-22(23)15-21)25-13-14-26(18-29)27(28)17-25/h5-8,11-14,16-17,21H,2-4,9-10,15H2,1H3. The van der Waals surface area contributed by atoms with Crippen LogP contribution in [0.5, 0.6) is 0 Å². The van der Waals surface area contributed by atoms with Crippen molar-refractivity contribution in [1.29, 1.82) is 5.26 Å². The number of rotatable bonds is 5. The first-order chi connectivity index (χ1) is 14.2. The zero-order chi connectivity index (χ0) is 20.2. The maximum absolute atomic E-state index is 14.0. The smallest absolute Gasteiger partial charge is 0.141 e. The molecule has 2 heteroatoms. The Bertz CT molecular complexity index is 1040. The molecule has 0 amide bonds. The molecule has 0 radical (unpaired) electrons. The van der Waals surface area contributed by atoms with Gasteiger partial charge in [-0.2, -0.15) is 5.26 Å². The van der Waals surface area contributed by atoms with Crippen molar-refractivity contribution in [3.8, 4) is 17.2 Å². The minimum atomic E-state index is -0.454. The van der Waals surface area contributed by atoms with Crippen molar-refractivity contribution in [3.05, 3.63) is 94.3 Å². The minimum Gasteiger partial charge on any atom is -0.206 e. The van der Waals surface area contributed by atoms with E-state index < -0.39 is 5.82 Å². The largest absolute Gasteiger partial charge is 0.206 e. The lowest BCUT2D eigenvalue weighted by molar-refractivity contribution is 0.585. The molecule has 0 saturated carbocycles. The van der Waals surface area contributed by atoms with E-state index in [2.05, 4.69) is 49.4 Å². The lowest BCUT2D eigenvalue weighted by atomic mass is 9.79. The van der Waals surface area contributed by atoms with Crippen LogP contribution in [0.3, 0.4) is 0 Å². The topological polar surface area (TPSA) is 23.8 Å². The third kappa shape index (κ3) is 4.25. The van der Waals surface area contributed by atoms with Gasteiger partial charge in [0.05, 0.1) is 5.56 Å². The maximum atomic E-state index is 14.0. The molecule has 3 aromatic rings. The summed E-state index contributed by atoms with van der Waals surface area (Å²) in [6.07, 6.45) is 6.91. The van der Waals surface area contributed by atoms with Crippen molar-refractivity contribution in [1.82, 2.24) is 0 Å². The molecule has 4 rings (SSSR count). The first-order valence-corrected chi connectivity index (χ1v) is 10.6. The number of fused-ring (bicyclic) bond motifs is 1. The van der Waals surface area contributed by atoms with E-state index in [4.69, 9.17) is 5.26 Å². The van der Waals surface area contributed by atoms with E-state index in [1.165, 1.54) is 47.6 Å². The molecule has 1 aliphatic carbocycles. The van der Waals surface area contributed by atoms with Crippen LogP contribution in [0.15, 0.2) is 60.7 Å². The van der Waals surface area contributed by atoms with Crippen LogP contribution in [-0.2, 0) is 19.3 Å². The van der Waals surface area contributed by atoms with Crippen molar-refractivity contribution in [2.24, 2.45) is 0 Å². The van der Waals surface area contributed by atoms with E-state index in [-0.39, 0.29) is 5.56 Å². The highest BCUT2D eigenvalue weighted by Gasteiger charge is 2.20. The summed E-state index contributed by atoms with van der Waals surface area (Å²) in [5, 5.41) is 8.92. The van der Waals surface area contributed by atoms with Gasteiger partial charge in [-0.25, -0.2) is 4.39 Å². The van der Waals surface area contributed by atoms with Gasteiger partial charge in [-0.15, -0.1) is 0 Å². The molecule has 3 aromatic carbocycles. The van der Waals surface area contributed by atoms with Crippen LogP contribution >= 0.6 is 0 Å². The molecule has 146 valence electrons. The molecular weight excluding hydrogens is 357 g/mol. The molecule has 1 unspecified atom stereocenters. The number of hydrogen-bond donors (Lipinski definition) is 0. The van der Waals surface area contributed by atoms with Crippen LogP contribution in [0.4, 0.5) is 4.39 Å². The molecule has 0 saturated heterocycles. The number of benzene rings is 3. The summed E-state index contributed by atoms with van der Waals surface area (Å²) in [4.78, 5) is 0. The van der Waals surface area contributed by atoms with Gasteiger partial charge < -0.3 is 0 Å². The summed E-state index contributed by atoms with van der Waals surface area (Å²) in [5.74, 6) is 0.117. The monoisotopic (exact) mass is 383 g/mol. The Hall–Kier alpha value is -2.92. The molecule has 0 spiro atoms. The van der Waals surface area contributed by atoms with Gasteiger partial charge in [-0.3, -0.25) is 0 Å². The number of hydrogen-bond acceptors (Lipinski definition) is 1. The van der Waals surface area contributed by atoms with Gasteiger partial charge in [-0.05, 0) is 83.5 Å². The zero-order valence-corrected chi connectivity index (χ0v) is 16.9. The molecule has 0 N–H and O–H groups in total. The van der Waals surface area contributed by atoms with Crippen LogP contribution in [0.1, 0.15) is 59.9 Å². The molecular formula is C27H26FN. The third-order valence-electron chi connectivity index (χ3n) is 6.13. The van der Waals surface area contributed by atoms with Crippen molar-refractivity contribution in [2.45, 2.75) is 51.4 Å². The summed E-state index contributed by atoms with van der Waals surface area (Å²) in [6, 6.07) is 22.4. The van der Waals surface area contributed by atoms with Crippen molar-refractivity contribution in [2.75, 3.05) is 0 Å². The second-order valence-electron chi connectivity index (χ2n) is 8.07. The summed E-state index contributed by atoms with van der Waals surface area (Å²) < 4.78 is 14.0. The van der Waals surface area contributed by atoms with E-state index >= 15 is 0 Å². The Morgan fingerprint density at radius 1 is 0.966 bits per heavy atom. The summed E-state index contributed by atoms with van der Waals surface area (Å²) in [5.41, 5.74) is 7.58. The van der Waals surface area contributed by atoms with Crippen LogP contribution < -0.4 is 0 Å². The van der Waals surface area contributed by atoms with Gasteiger partial charge in [0.2, 0.25) is 0 Å². The van der Waals surface area contributed by atoms with Crippen LogP contribution in [0.2, 0.25) is 0 Å². The fraction of sp³-hybridized carbons (Fsp3) is 0.296. The fourth-order valence-corrected chi connectivity index (χ4v) is 4.34. The van der Waals surface area contributed by atoms with Crippen LogP contribution in [-0.4, -0.2) is 0 Å². The maximum Gasteiger partial charge on any atom is 0.141 e. The first kappa shape index (κ1) is 19.4. The molecule has 0 aliphatic heterocycles. The SMILES string of the molecule is CCCCc1ccc(C2CCc3cc(-c4ccc(C#N)c(F)c4)ccc3C2)cc1. The first-order valence-electron chi connectivity index (χ1n) is 10.6. The van der Waals surface area contributed by atoms with E-state index in [1.54, 1.807) is 6.07 Å². The number of nitrogens with zero attached hydrogens (tertiary/aromatic N) is 1. The number of halogens is 1. The Morgan fingerprint density at radius 3 is 2.45 bits per heavy atom. The van der Waals surface area contributed by atoms with Gasteiger partial charge in [0.15, 0.2) is 0 Å². The summed E-state index contributed by atoms with van der Waals surface area (Å²) in [7, 11) is 0. The molecule has 1 atom stereocenters. The average molecular weight is 384 g/mol. The quantitative estimate of drug-likeness (QED) is 0.466. The Balaban J connectivity index is 1.51. The average Bonchev–Trinajstić information content (AvgIpc) is 2.77. The Morgan fingerprint density at radius 2 is 1.72 bits per heavy atom. The van der Waals surface area contributed by atoms with Crippen LogP contribution in [0.25, 0.3) is 11.1 Å². The molecule has 0 aromatic heterocycles. The van der Waals surface area contributed by atoms with Gasteiger partial charge in [-0.1, -0.05) is 61.9 Å². The Kier molecular flexibility index (Phi) is 5.76. The Labute approximate surface area is 172 Å². The lowest BCUT2D eigenvalue weighted by Gasteiger charge is -2.26. The van der Waals surface area contributed by atoms with Gasteiger partial charge in [0, 0.05) is 0 Å². The molecule has 0 heterocycles. The number of aryl methyl sites for hydroxylation is 2. The highest BCUT2D eigenvalue weighted by molar-refractivity contribution is 5.66. The van der Waals surface area contributed by atoms with Crippen molar-refractivity contribution >= 4 is 0 Å². The summed E-state index contributed by atoms with van der Waals surface area (Å²) >= 11 is 0. The van der Waals surface area contributed by atoms with Crippen LogP contribution in [0, 0.1) is 17.1 Å². The number of unbranched alkanes of at least 4 members (excludes halogenated alkanes) is 1. The second kappa shape index (κ2) is 8.62. The van der Waals surface area contributed by atoms with E-state index in [1.807, 2.05) is 12.1 Å². The second-order valence-corrected chi connectivity index (χ2v) is 8.07. The predicted octanol–water partition coefficient (Wildman–Crippen LogP) is 6.98. The molecule has 0 bridgehead atoms. The zero-order valence-electron chi connectivity index (χ0n) is 16.9. The number of nitriles is 1. The van der Waals surface area contributed by atoms with E-state index in [9.17, 15) is 4.39 Å². The molecule has 1 nitrogen and oxygen atoms in total.